The molecule has 3 N–H and O–H groups in total. The molecule has 1 rings (SSSR count). The Labute approximate surface area is 105 Å². The van der Waals surface area contributed by atoms with Gasteiger partial charge in [0.1, 0.15) is 5.15 Å². The summed E-state index contributed by atoms with van der Waals surface area (Å²) in [5, 5.41) is 9.00. The van der Waals surface area contributed by atoms with Gasteiger partial charge < -0.3 is 15.7 Å². The molecule has 1 amide bonds. The number of aromatic nitrogens is 1. The van der Waals surface area contributed by atoms with Gasteiger partial charge in [0, 0.05) is 19.7 Å². The third kappa shape index (κ3) is 3.57. The highest BCUT2D eigenvalue weighted by Gasteiger charge is 2.17. The van der Waals surface area contributed by atoms with Gasteiger partial charge in [0.2, 0.25) is 0 Å². The van der Waals surface area contributed by atoms with E-state index in [1.165, 1.54) is 12.3 Å². The molecular formula is C11H16ClN3O2. The Kier molecular flexibility index (Phi) is 5.18. The van der Waals surface area contributed by atoms with Crippen molar-refractivity contribution < 1.29 is 9.90 Å². The van der Waals surface area contributed by atoms with E-state index in [-0.39, 0.29) is 17.7 Å². The first kappa shape index (κ1) is 13.7. The number of rotatable bonds is 5. The lowest BCUT2D eigenvalue weighted by molar-refractivity contribution is 0.0755. The van der Waals surface area contributed by atoms with Gasteiger partial charge in [-0.15, -0.1) is 0 Å². The highest BCUT2D eigenvalue weighted by molar-refractivity contribution is 6.29. The third-order valence-corrected chi connectivity index (χ3v) is 2.59. The first-order valence-electron chi connectivity index (χ1n) is 5.41. The minimum atomic E-state index is -0.192. The summed E-state index contributed by atoms with van der Waals surface area (Å²) >= 11 is 5.74. The van der Waals surface area contributed by atoms with Gasteiger partial charge in [0.15, 0.2) is 0 Å². The first-order valence-corrected chi connectivity index (χ1v) is 5.79. The van der Waals surface area contributed by atoms with Crippen LogP contribution in [-0.2, 0) is 0 Å². The lowest BCUT2D eigenvalue weighted by atomic mass is 10.2. The Hall–Kier alpha value is -1.33. The van der Waals surface area contributed by atoms with E-state index >= 15 is 0 Å². The van der Waals surface area contributed by atoms with Crippen molar-refractivity contribution in [3.63, 3.8) is 0 Å². The average Bonchev–Trinajstić information content (AvgIpc) is 2.33. The number of hydrogen-bond acceptors (Lipinski definition) is 4. The van der Waals surface area contributed by atoms with Gasteiger partial charge in [-0.05, 0) is 19.4 Å². The number of anilines is 1. The van der Waals surface area contributed by atoms with E-state index in [0.717, 1.165) is 0 Å². The van der Waals surface area contributed by atoms with Crippen LogP contribution >= 0.6 is 11.6 Å². The number of hydrogen-bond donors (Lipinski definition) is 2. The van der Waals surface area contributed by atoms with Crippen molar-refractivity contribution in [2.45, 2.75) is 13.3 Å². The van der Waals surface area contributed by atoms with Crippen LogP contribution in [0.4, 0.5) is 5.69 Å². The van der Waals surface area contributed by atoms with E-state index in [1.807, 2.05) is 6.92 Å². The molecule has 0 radical (unpaired) electrons. The van der Waals surface area contributed by atoms with E-state index in [2.05, 4.69) is 4.98 Å². The van der Waals surface area contributed by atoms with Crippen molar-refractivity contribution in [1.29, 1.82) is 0 Å². The van der Waals surface area contributed by atoms with Crippen LogP contribution in [0.25, 0.3) is 0 Å². The molecule has 0 aliphatic heterocycles. The summed E-state index contributed by atoms with van der Waals surface area (Å²) in [5.41, 5.74) is 6.35. The van der Waals surface area contributed by atoms with Crippen LogP contribution in [0.3, 0.4) is 0 Å². The zero-order chi connectivity index (χ0) is 12.8. The summed E-state index contributed by atoms with van der Waals surface area (Å²) in [5.74, 6) is -0.192. The van der Waals surface area contributed by atoms with Gasteiger partial charge in [0.05, 0.1) is 17.4 Å². The molecule has 0 saturated heterocycles. The number of carbonyl (C=O) groups excluding carboxylic acids is 1. The van der Waals surface area contributed by atoms with Crippen LogP contribution < -0.4 is 5.73 Å². The van der Waals surface area contributed by atoms with Gasteiger partial charge in [-0.1, -0.05) is 11.6 Å². The lowest BCUT2D eigenvalue weighted by Crippen LogP contribution is -2.32. The van der Waals surface area contributed by atoms with Crippen LogP contribution in [0.15, 0.2) is 12.3 Å². The van der Waals surface area contributed by atoms with Gasteiger partial charge in [0.25, 0.3) is 5.91 Å². The molecule has 0 saturated carbocycles. The zero-order valence-electron chi connectivity index (χ0n) is 9.69. The fourth-order valence-electron chi connectivity index (χ4n) is 1.46. The molecule has 1 aromatic heterocycles. The van der Waals surface area contributed by atoms with Crippen LogP contribution in [0.2, 0.25) is 5.15 Å². The topological polar surface area (TPSA) is 79.5 Å². The maximum atomic E-state index is 12.1. The van der Waals surface area contributed by atoms with E-state index in [4.69, 9.17) is 22.4 Å². The predicted octanol–water partition coefficient (Wildman–Crippen LogP) is 1.16. The number of amides is 1. The molecule has 17 heavy (non-hydrogen) atoms. The Morgan fingerprint density at radius 2 is 2.35 bits per heavy atom. The van der Waals surface area contributed by atoms with E-state index in [9.17, 15) is 4.79 Å². The van der Waals surface area contributed by atoms with Gasteiger partial charge in [-0.25, -0.2) is 4.98 Å². The average molecular weight is 258 g/mol. The number of pyridine rings is 1. The quantitative estimate of drug-likeness (QED) is 0.776. The summed E-state index contributed by atoms with van der Waals surface area (Å²) in [6.45, 7) is 2.97. The number of nitrogens with two attached hydrogens (primary N) is 1. The van der Waals surface area contributed by atoms with Crippen molar-refractivity contribution in [3.05, 3.63) is 23.0 Å². The smallest absolute Gasteiger partial charge is 0.256 e. The van der Waals surface area contributed by atoms with Crippen molar-refractivity contribution >= 4 is 23.2 Å². The molecule has 6 heteroatoms. The number of nitrogen functional groups attached to an aromatic ring is 1. The highest BCUT2D eigenvalue weighted by atomic mass is 35.5. The molecule has 0 aliphatic rings. The van der Waals surface area contributed by atoms with Gasteiger partial charge >= 0.3 is 0 Å². The SMILES string of the molecule is CCN(CCCO)C(=O)c1cc(Cl)ncc1N. The number of nitrogens with zero attached hydrogens (tertiary/aromatic N) is 2. The van der Waals surface area contributed by atoms with Crippen molar-refractivity contribution in [2.24, 2.45) is 0 Å². The van der Waals surface area contributed by atoms with Gasteiger partial charge in [-0.2, -0.15) is 0 Å². The minimum absolute atomic E-state index is 0.0519. The van der Waals surface area contributed by atoms with Crippen LogP contribution in [0.1, 0.15) is 23.7 Å². The first-order chi connectivity index (χ1) is 8.10. The van der Waals surface area contributed by atoms with Crippen LogP contribution in [-0.4, -0.2) is 40.6 Å². The summed E-state index contributed by atoms with van der Waals surface area (Å²) in [6.07, 6.45) is 1.91. The number of carbonyl (C=O) groups is 1. The molecule has 0 atom stereocenters. The Morgan fingerprint density at radius 3 is 2.94 bits per heavy atom. The van der Waals surface area contributed by atoms with Gasteiger partial charge in [-0.3, -0.25) is 4.79 Å². The molecule has 0 bridgehead atoms. The minimum Gasteiger partial charge on any atom is -0.397 e. The third-order valence-electron chi connectivity index (χ3n) is 2.39. The molecule has 0 fully saturated rings. The maximum absolute atomic E-state index is 12.1. The highest BCUT2D eigenvalue weighted by Crippen LogP contribution is 2.17. The van der Waals surface area contributed by atoms with E-state index < -0.39 is 0 Å². The monoisotopic (exact) mass is 257 g/mol. The summed E-state index contributed by atoms with van der Waals surface area (Å²) in [4.78, 5) is 17.5. The summed E-state index contributed by atoms with van der Waals surface area (Å²) < 4.78 is 0. The molecule has 5 nitrogen and oxygen atoms in total. The second-order valence-electron chi connectivity index (χ2n) is 3.56. The second-order valence-corrected chi connectivity index (χ2v) is 3.94. The van der Waals surface area contributed by atoms with E-state index in [0.29, 0.717) is 30.8 Å². The molecule has 1 heterocycles. The molecule has 1 aromatic rings. The standard InChI is InChI=1S/C11H16ClN3O2/c1-2-15(4-3-5-16)11(17)8-6-10(12)14-7-9(8)13/h6-7,16H,2-5,13H2,1H3. The Balaban J connectivity index is 2.89. The van der Waals surface area contributed by atoms with E-state index in [1.54, 1.807) is 4.90 Å². The largest absolute Gasteiger partial charge is 0.397 e. The molecule has 0 unspecified atom stereocenters. The molecule has 0 aliphatic carbocycles. The number of aliphatic hydroxyl groups excluding tert-OH is 1. The maximum Gasteiger partial charge on any atom is 0.256 e. The van der Waals surface area contributed by atoms with Crippen molar-refractivity contribution in [3.8, 4) is 0 Å². The Bertz CT molecular complexity index is 398. The number of aliphatic hydroxyl groups is 1. The van der Waals surface area contributed by atoms with Crippen molar-refractivity contribution in [1.82, 2.24) is 9.88 Å². The Morgan fingerprint density at radius 1 is 1.65 bits per heavy atom. The fourth-order valence-corrected chi connectivity index (χ4v) is 1.62. The second kappa shape index (κ2) is 6.42. The van der Waals surface area contributed by atoms with Crippen LogP contribution in [0, 0.1) is 0 Å². The van der Waals surface area contributed by atoms with Crippen LogP contribution in [0.5, 0.6) is 0 Å². The summed E-state index contributed by atoms with van der Waals surface area (Å²) in [7, 11) is 0. The molecule has 94 valence electrons. The molecule has 0 aromatic carbocycles. The zero-order valence-corrected chi connectivity index (χ0v) is 10.4. The van der Waals surface area contributed by atoms with Crippen molar-refractivity contribution in [2.75, 3.05) is 25.4 Å². The number of halogens is 1. The molecule has 0 spiro atoms. The predicted molar refractivity (Wildman–Crippen MR) is 66.9 cm³/mol. The normalized spacial score (nSPS) is 10.3. The molecular weight excluding hydrogens is 242 g/mol. The lowest BCUT2D eigenvalue weighted by Gasteiger charge is -2.21. The summed E-state index contributed by atoms with van der Waals surface area (Å²) in [6, 6.07) is 1.46. The fraction of sp³-hybridized carbons (Fsp3) is 0.455.